The van der Waals surface area contributed by atoms with E-state index in [1.807, 2.05) is 0 Å². The SMILES string of the molecule is Cl.c1ccc(CCNC2=Nc3ccccc3C(c3ccccc3)CN2)cc1. The molecule has 2 N–H and O–H groups in total. The van der Waals surface area contributed by atoms with Gasteiger partial charge in [-0.2, -0.15) is 0 Å². The van der Waals surface area contributed by atoms with Crippen molar-refractivity contribution in [3.63, 3.8) is 0 Å². The normalized spacial score (nSPS) is 15.4. The molecule has 138 valence electrons. The summed E-state index contributed by atoms with van der Waals surface area (Å²) >= 11 is 0. The van der Waals surface area contributed by atoms with Crippen LogP contribution in [0.1, 0.15) is 22.6 Å². The Balaban J connectivity index is 0.00000210. The fourth-order valence-corrected chi connectivity index (χ4v) is 3.41. The number of rotatable bonds is 4. The molecule has 0 saturated carbocycles. The summed E-state index contributed by atoms with van der Waals surface area (Å²) in [6.07, 6.45) is 0.977. The lowest BCUT2D eigenvalue weighted by Gasteiger charge is -2.18. The maximum Gasteiger partial charge on any atom is 0.196 e. The molecule has 3 nitrogen and oxygen atoms in total. The number of nitrogens with one attached hydrogen (secondary N) is 2. The minimum absolute atomic E-state index is 0. The predicted octanol–water partition coefficient (Wildman–Crippen LogP) is 4.66. The second kappa shape index (κ2) is 9.24. The van der Waals surface area contributed by atoms with Gasteiger partial charge in [-0.25, -0.2) is 4.99 Å². The Hall–Kier alpha value is -2.78. The lowest BCUT2D eigenvalue weighted by molar-refractivity contribution is 0.739. The molecule has 0 spiro atoms. The van der Waals surface area contributed by atoms with Crippen molar-refractivity contribution >= 4 is 24.1 Å². The monoisotopic (exact) mass is 377 g/mol. The Bertz CT molecular complexity index is 878. The molecule has 0 radical (unpaired) electrons. The van der Waals surface area contributed by atoms with E-state index in [0.717, 1.165) is 31.2 Å². The Morgan fingerprint density at radius 3 is 2.30 bits per heavy atom. The quantitative estimate of drug-likeness (QED) is 0.693. The van der Waals surface area contributed by atoms with E-state index in [1.165, 1.54) is 16.7 Å². The molecule has 0 aliphatic carbocycles. The first-order valence-electron chi connectivity index (χ1n) is 9.14. The number of benzene rings is 3. The van der Waals surface area contributed by atoms with E-state index in [2.05, 4.69) is 95.6 Å². The summed E-state index contributed by atoms with van der Waals surface area (Å²) in [5, 5.41) is 6.96. The van der Waals surface area contributed by atoms with E-state index in [9.17, 15) is 0 Å². The summed E-state index contributed by atoms with van der Waals surface area (Å²) in [6.45, 7) is 1.69. The van der Waals surface area contributed by atoms with Gasteiger partial charge in [0.15, 0.2) is 5.96 Å². The zero-order valence-electron chi connectivity index (χ0n) is 15.1. The van der Waals surface area contributed by atoms with Gasteiger partial charge in [-0.3, -0.25) is 0 Å². The van der Waals surface area contributed by atoms with Gasteiger partial charge >= 0.3 is 0 Å². The molecule has 1 aliphatic rings. The number of halogens is 1. The molecule has 1 heterocycles. The van der Waals surface area contributed by atoms with Gasteiger partial charge in [0.1, 0.15) is 0 Å². The summed E-state index contributed by atoms with van der Waals surface area (Å²) in [6, 6.07) is 29.6. The van der Waals surface area contributed by atoms with Crippen LogP contribution in [0, 0.1) is 0 Å². The highest BCUT2D eigenvalue weighted by molar-refractivity contribution is 5.85. The fourth-order valence-electron chi connectivity index (χ4n) is 3.41. The van der Waals surface area contributed by atoms with Gasteiger partial charge in [-0.05, 0) is 29.2 Å². The number of guanidine groups is 1. The molecule has 1 unspecified atom stereocenters. The summed E-state index contributed by atoms with van der Waals surface area (Å²) < 4.78 is 0. The van der Waals surface area contributed by atoms with Crippen molar-refractivity contribution in [2.75, 3.05) is 13.1 Å². The molecular weight excluding hydrogens is 354 g/mol. The number of para-hydroxylation sites is 1. The van der Waals surface area contributed by atoms with Crippen molar-refractivity contribution < 1.29 is 0 Å². The minimum Gasteiger partial charge on any atom is -0.356 e. The van der Waals surface area contributed by atoms with Crippen LogP contribution in [0.3, 0.4) is 0 Å². The third-order valence-electron chi connectivity index (χ3n) is 4.77. The Kier molecular flexibility index (Phi) is 6.50. The van der Waals surface area contributed by atoms with E-state index >= 15 is 0 Å². The van der Waals surface area contributed by atoms with Crippen molar-refractivity contribution in [1.29, 1.82) is 0 Å². The molecule has 4 heteroatoms. The maximum absolute atomic E-state index is 4.84. The van der Waals surface area contributed by atoms with Crippen molar-refractivity contribution in [1.82, 2.24) is 10.6 Å². The lowest BCUT2D eigenvalue weighted by atomic mass is 9.90. The summed E-state index contributed by atoms with van der Waals surface area (Å²) in [4.78, 5) is 4.84. The van der Waals surface area contributed by atoms with E-state index in [-0.39, 0.29) is 12.4 Å². The lowest BCUT2D eigenvalue weighted by Crippen LogP contribution is -2.39. The highest BCUT2D eigenvalue weighted by Crippen LogP contribution is 2.33. The molecule has 3 aromatic rings. The standard InChI is InChI=1S/C23H23N3.ClH/c1-3-9-18(10-4-1)15-16-24-23-25-17-21(19-11-5-2-6-12-19)20-13-7-8-14-22(20)26-23;/h1-14,21H,15-17H2,(H2,24,25,26);1H. The first kappa shape index (κ1) is 19.0. The average Bonchev–Trinajstić information content (AvgIpc) is 2.89. The predicted molar refractivity (Wildman–Crippen MR) is 115 cm³/mol. The Labute approximate surface area is 167 Å². The summed E-state index contributed by atoms with van der Waals surface area (Å²) in [7, 11) is 0. The smallest absolute Gasteiger partial charge is 0.196 e. The number of nitrogens with zero attached hydrogens (tertiary/aromatic N) is 1. The number of hydrogen-bond donors (Lipinski definition) is 2. The zero-order valence-corrected chi connectivity index (χ0v) is 16.0. The molecular formula is C23H24ClN3. The van der Waals surface area contributed by atoms with E-state index in [0.29, 0.717) is 5.92 Å². The highest BCUT2D eigenvalue weighted by Gasteiger charge is 2.20. The van der Waals surface area contributed by atoms with Gasteiger partial charge < -0.3 is 10.6 Å². The molecule has 0 fully saturated rings. The third kappa shape index (κ3) is 4.69. The fraction of sp³-hybridized carbons (Fsp3) is 0.174. The van der Waals surface area contributed by atoms with Gasteiger partial charge in [-0.1, -0.05) is 78.9 Å². The first-order chi connectivity index (χ1) is 12.9. The van der Waals surface area contributed by atoms with Gasteiger partial charge in [-0.15, -0.1) is 12.4 Å². The molecule has 1 aliphatic heterocycles. The second-order valence-corrected chi connectivity index (χ2v) is 6.53. The Morgan fingerprint density at radius 1 is 0.852 bits per heavy atom. The Morgan fingerprint density at radius 2 is 1.52 bits per heavy atom. The summed E-state index contributed by atoms with van der Waals surface area (Å²) in [5.74, 6) is 1.15. The largest absolute Gasteiger partial charge is 0.356 e. The summed E-state index contributed by atoms with van der Waals surface area (Å²) in [5.41, 5.74) is 4.95. The van der Waals surface area contributed by atoms with Crippen LogP contribution < -0.4 is 10.6 Å². The van der Waals surface area contributed by atoms with E-state index in [4.69, 9.17) is 4.99 Å². The van der Waals surface area contributed by atoms with E-state index in [1.54, 1.807) is 0 Å². The molecule has 3 aromatic carbocycles. The first-order valence-corrected chi connectivity index (χ1v) is 9.14. The zero-order chi connectivity index (χ0) is 17.6. The number of fused-ring (bicyclic) bond motifs is 1. The molecule has 0 aromatic heterocycles. The third-order valence-corrected chi connectivity index (χ3v) is 4.77. The van der Waals surface area contributed by atoms with Crippen LogP contribution in [0.25, 0.3) is 0 Å². The molecule has 27 heavy (non-hydrogen) atoms. The molecule has 0 amide bonds. The topological polar surface area (TPSA) is 36.4 Å². The van der Waals surface area contributed by atoms with Crippen LogP contribution in [0.15, 0.2) is 89.9 Å². The van der Waals surface area contributed by atoms with Gasteiger partial charge in [0.25, 0.3) is 0 Å². The second-order valence-electron chi connectivity index (χ2n) is 6.53. The van der Waals surface area contributed by atoms with Crippen LogP contribution in [0.2, 0.25) is 0 Å². The van der Waals surface area contributed by atoms with Gasteiger partial charge in [0.05, 0.1) is 5.69 Å². The van der Waals surface area contributed by atoms with Crippen LogP contribution >= 0.6 is 12.4 Å². The van der Waals surface area contributed by atoms with Crippen LogP contribution in [0.4, 0.5) is 5.69 Å². The van der Waals surface area contributed by atoms with Crippen LogP contribution in [0.5, 0.6) is 0 Å². The van der Waals surface area contributed by atoms with Crippen LogP contribution in [-0.2, 0) is 6.42 Å². The van der Waals surface area contributed by atoms with Gasteiger partial charge in [0.2, 0.25) is 0 Å². The molecule has 1 atom stereocenters. The number of hydrogen-bond acceptors (Lipinski definition) is 3. The maximum atomic E-state index is 4.84. The minimum atomic E-state index is 0. The van der Waals surface area contributed by atoms with Crippen molar-refractivity contribution in [3.8, 4) is 0 Å². The van der Waals surface area contributed by atoms with Crippen LogP contribution in [-0.4, -0.2) is 19.0 Å². The molecule has 4 rings (SSSR count). The van der Waals surface area contributed by atoms with Crippen molar-refractivity contribution in [2.24, 2.45) is 4.99 Å². The van der Waals surface area contributed by atoms with Crippen molar-refractivity contribution in [3.05, 3.63) is 102 Å². The average molecular weight is 378 g/mol. The number of aliphatic imine (C=N–C) groups is 1. The van der Waals surface area contributed by atoms with Crippen molar-refractivity contribution in [2.45, 2.75) is 12.3 Å². The van der Waals surface area contributed by atoms with Gasteiger partial charge in [0, 0.05) is 19.0 Å². The molecule has 0 bridgehead atoms. The molecule has 0 saturated heterocycles. The highest BCUT2D eigenvalue weighted by atomic mass is 35.5. The van der Waals surface area contributed by atoms with E-state index < -0.39 is 0 Å².